The first-order valence-electron chi connectivity index (χ1n) is 2.76. The summed E-state index contributed by atoms with van der Waals surface area (Å²) < 4.78 is 0. The molecular weight excluding hydrogens is 102 g/mol. The Morgan fingerprint density at radius 3 is 2.62 bits per heavy atom. The van der Waals surface area contributed by atoms with Gasteiger partial charge in [-0.15, -0.1) is 0 Å². The van der Waals surface area contributed by atoms with E-state index in [1.54, 1.807) is 0 Å². The summed E-state index contributed by atoms with van der Waals surface area (Å²) in [6.45, 7) is 5.28. The molecule has 0 aromatic rings. The highest BCUT2D eigenvalue weighted by Gasteiger charge is 1.97. The first-order valence-corrected chi connectivity index (χ1v) is 2.76. The van der Waals surface area contributed by atoms with Crippen LogP contribution >= 0.6 is 0 Å². The number of hydrogen-bond acceptors (Lipinski definition) is 2. The van der Waals surface area contributed by atoms with Crippen LogP contribution in [0.4, 0.5) is 0 Å². The molecular formula is C6H11NO. The van der Waals surface area contributed by atoms with E-state index in [9.17, 15) is 4.79 Å². The fourth-order valence-corrected chi connectivity index (χ4v) is 0.498. The summed E-state index contributed by atoms with van der Waals surface area (Å²) in [6, 6.07) is -0.167. The van der Waals surface area contributed by atoms with Gasteiger partial charge in [-0.05, 0) is 13.1 Å². The monoisotopic (exact) mass is 113 g/mol. The molecule has 0 aromatic heterocycles. The third-order valence-electron chi connectivity index (χ3n) is 0.976. The Hall–Kier alpha value is -0.660. The van der Waals surface area contributed by atoms with Crippen molar-refractivity contribution in [2.24, 2.45) is 4.99 Å². The smallest absolute Gasteiger partial charge is 0.144 e. The van der Waals surface area contributed by atoms with Gasteiger partial charge in [0.1, 0.15) is 12.3 Å². The topological polar surface area (TPSA) is 29.4 Å². The van der Waals surface area contributed by atoms with E-state index in [4.69, 9.17) is 0 Å². The molecule has 0 rings (SSSR count). The van der Waals surface area contributed by atoms with Crippen LogP contribution in [0, 0.1) is 0 Å². The third-order valence-corrected chi connectivity index (χ3v) is 0.976. The van der Waals surface area contributed by atoms with Gasteiger partial charge in [-0.3, -0.25) is 4.99 Å². The van der Waals surface area contributed by atoms with E-state index in [0.29, 0.717) is 0 Å². The fourth-order valence-electron chi connectivity index (χ4n) is 0.498. The summed E-state index contributed by atoms with van der Waals surface area (Å²) in [4.78, 5) is 13.6. The first kappa shape index (κ1) is 7.34. The van der Waals surface area contributed by atoms with Crippen LogP contribution in [0.15, 0.2) is 4.99 Å². The van der Waals surface area contributed by atoms with Crippen LogP contribution in [0.2, 0.25) is 0 Å². The second kappa shape index (κ2) is 4.50. The lowest BCUT2D eigenvalue weighted by atomic mass is 10.2. The lowest BCUT2D eigenvalue weighted by Crippen LogP contribution is -2.03. The molecule has 0 aliphatic heterocycles. The molecule has 2 heteroatoms. The van der Waals surface area contributed by atoms with Gasteiger partial charge in [0.2, 0.25) is 0 Å². The Balaban J connectivity index is 3.35. The lowest BCUT2D eigenvalue weighted by Gasteiger charge is -1.97. The molecule has 1 atom stereocenters. The zero-order valence-corrected chi connectivity index (χ0v) is 5.13. The minimum atomic E-state index is -0.167. The second-order valence-corrected chi connectivity index (χ2v) is 1.67. The Kier molecular flexibility index (Phi) is 4.13. The maximum atomic E-state index is 9.99. The average Bonchev–Trinajstić information content (AvgIpc) is 1.83. The van der Waals surface area contributed by atoms with E-state index in [-0.39, 0.29) is 6.04 Å². The highest BCUT2D eigenvalue weighted by molar-refractivity contribution is 5.59. The van der Waals surface area contributed by atoms with E-state index in [1.165, 1.54) is 0 Å². The van der Waals surface area contributed by atoms with Crippen LogP contribution in [0.5, 0.6) is 0 Å². The van der Waals surface area contributed by atoms with Crippen LogP contribution in [-0.4, -0.2) is 19.0 Å². The van der Waals surface area contributed by atoms with Crippen molar-refractivity contribution in [3.05, 3.63) is 0 Å². The van der Waals surface area contributed by atoms with E-state index in [2.05, 4.69) is 11.7 Å². The highest BCUT2D eigenvalue weighted by atomic mass is 16.1. The molecule has 8 heavy (non-hydrogen) atoms. The minimum absolute atomic E-state index is 0.167. The van der Waals surface area contributed by atoms with Gasteiger partial charge in [0.25, 0.3) is 0 Å². The van der Waals surface area contributed by atoms with Gasteiger partial charge in [-0.2, -0.15) is 0 Å². The van der Waals surface area contributed by atoms with Crippen molar-refractivity contribution in [1.29, 1.82) is 0 Å². The van der Waals surface area contributed by atoms with Crippen LogP contribution in [0.1, 0.15) is 19.8 Å². The van der Waals surface area contributed by atoms with E-state index in [0.717, 1.165) is 19.1 Å². The number of nitrogens with zero attached hydrogens (tertiary/aromatic N) is 1. The average molecular weight is 113 g/mol. The summed E-state index contributed by atoms with van der Waals surface area (Å²) in [5.74, 6) is 0. The van der Waals surface area contributed by atoms with E-state index in [1.807, 2.05) is 6.92 Å². The minimum Gasteiger partial charge on any atom is -0.301 e. The van der Waals surface area contributed by atoms with E-state index < -0.39 is 0 Å². The summed E-state index contributed by atoms with van der Waals surface area (Å²) in [5.41, 5.74) is 0. The van der Waals surface area contributed by atoms with Crippen molar-refractivity contribution in [3.63, 3.8) is 0 Å². The van der Waals surface area contributed by atoms with Gasteiger partial charge in [-0.1, -0.05) is 13.3 Å². The molecule has 2 nitrogen and oxygen atoms in total. The summed E-state index contributed by atoms with van der Waals surface area (Å²) in [7, 11) is 0. The molecule has 0 aliphatic rings. The van der Waals surface area contributed by atoms with Crippen molar-refractivity contribution in [1.82, 2.24) is 0 Å². The van der Waals surface area contributed by atoms with Crippen molar-refractivity contribution >= 4 is 13.0 Å². The SMILES string of the molecule is C=NC(C=O)CCC. The molecule has 0 bridgehead atoms. The highest BCUT2D eigenvalue weighted by Crippen LogP contribution is 1.95. The van der Waals surface area contributed by atoms with Crippen LogP contribution < -0.4 is 0 Å². The normalized spacial score (nSPS) is 12.6. The predicted molar refractivity (Wildman–Crippen MR) is 34.3 cm³/mol. The zero-order chi connectivity index (χ0) is 6.41. The Bertz CT molecular complexity index is 72.6. The van der Waals surface area contributed by atoms with Crippen molar-refractivity contribution in [2.75, 3.05) is 0 Å². The standard InChI is InChI=1S/C6H11NO/c1-3-4-6(5-8)7-2/h5-6H,2-4H2,1H3. The zero-order valence-electron chi connectivity index (χ0n) is 5.13. The number of hydrogen-bond donors (Lipinski definition) is 0. The molecule has 0 N–H and O–H groups in total. The molecule has 0 heterocycles. The third kappa shape index (κ3) is 2.50. The van der Waals surface area contributed by atoms with Crippen molar-refractivity contribution in [3.8, 4) is 0 Å². The number of aliphatic imine (C=N–C) groups is 1. The van der Waals surface area contributed by atoms with Gasteiger partial charge in [0, 0.05) is 0 Å². The molecule has 46 valence electrons. The maximum Gasteiger partial charge on any atom is 0.144 e. The van der Waals surface area contributed by atoms with Gasteiger partial charge in [0.05, 0.1) is 0 Å². The predicted octanol–water partition coefficient (Wildman–Crippen LogP) is 1.05. The Labute approximate surface area is 49.6 Å². The summed E-state index contributed by atoms with van der Waals surface area (Å²) in [6.07, 6.45) is 2.64. The van der Waals surface area contributed by atoms with Crippen molar-refractivity contribution in [2.45, 2.75) is 25.8 Å². The van der Waals surface area contributed by atoms with Gasteiger partial charge in [-0.25, -0.2) is 0 Å². The molecule has 0 aliphatic carbocycles. The maximum absolute atomic E-state index is 9.99. The van der Waals surface area contributed by atoms with Gasteiger partial charge < -0.3 is 4.79 Å². The molecule has 1 unspecified atom stereocenters. The fraction of sp³-hybridized carbons (Fsp3) is 0.667. The number of carbonyl (C=O) groups excluding carboxylic acids is 1. The van der Waals surface area contributed by atoms with Crippen molar-refractivity contribution < 1.29 is 4.79 Å². The molecule has 0 saturated heterocycles. The molecule has 0 saturated carbocycles. The largest absolute Gasteiger partial charge is 0.301 e. The first-order chi connectivity index (χ1) is 3.85. The molecule has 0 radical (unpaired) electrons. The lowest BCUT2D eigenvalue weighted by molar-refractivity contribution is -0.108. The van der Waals surface area contributed by atoms with Crippen LogP contribution in [-0.2, 0) is 4.79 Å². The second-order valence-electron chi connectivity index (χ2n) is 1.67. The van der Waals surface area contributed by atoms with Crippen LogP contribution in [0.3, 0.4) is 0 Å². The number of rotatable bonds is 4. The Morgan fingerprint density at radius 2 is 2.50 bits per heavy atom. The number of aldehydes is 1. The summed E-state index contributed by atoms with van der Waals surface area (Å²) >= 11 is 0. The van der Waals surface area contributed by atoms with Gasteiger partial charge in [0.15, 0.2) is 0 Å². The quantitative estimate of drug-likeness (QED) is 0.396. The molecule has 0 amide bonds. The molecule has 0 fully saturated rings. The molecule has 0 spiro atoms. The Morgan fingerprint density at radius 1 is 1.88 bits per heavy atom. The van der Waals surface area contributed by atoms with E-state index >= 15 is 0 Å². The van der Waals surface area contributed by atoms with Crippen LogP contribution in [0.25, 0.3) is 0 Å². The van der Waals surface area contributed by atoms with Gasteiger partial charge >= 0.3 is 0 Å². The summed E-state index contributed by atoms with van der Waals surface area (Å²) in [5, 5.41) is 0. The molecule has 0 aromatic carbocycles. The number of carbonyl (C=O) groups is 1.